The fourth-order valence-electron chi connectivity index (χ4n) is 1.12. The van der Waals surface area contributed by atoms with Crippen LogP contribution in [-0.4, -0.2) is 22.2 Å². The Morgan fingerprint density at radius 1 is 1.50 bits per heavy atom. The standard InChI is InChI=1S/C8H8F3N3OS/c9-8(10,11)5-15-12-3-6-4-14-1-2-16-7(14)13-6/h1-2,4,12H,3,5H2. The summed E-state index contributed by atoms with van der Waals surface area (Å²) >= 11 is 1.45. The molecule has 0 unspecified atom stereocenters. The van der Waals surface area contributed by atoms with Crippen LogP contribution >= 0.6 is 11.3 Å². The van der Waals surface area contributed by atoms with Crippen molar-refractivity contribution in [3.8, 4) is 0 Å². The topological polar surface area (TPSA) is 38.6 Å². The lowest BCUT2D eigenvalue weighted by Crippen LogP contribution is -2.24. The van der Waals surface area contributed by atoms with Crippen molar-refractivity contribution in [3.05, 3.63) is 23.5 Å². The van der Waals surface area contributed by atoms with E-state index in [1.807, 2.05) is 11.6 Å². The van der Waals surface area contributed by atoms with E-state index < -0.39 is 12.8 Å². The van der Waals surface area contributed by atoms with Gasteiger partial charge in [0.05, 0.1) is 12.2 Å². The maximum atomic E-state index is 11.7. The van der Waals surface area contributed by atoms with Crippen LogP contribution in [0, 0.1) is 0 Å². The van der Waals surface area contributed by atoms with Crippen LogP contribution in [-0.2, 0) is 11.4 Å². The fraction of sp³-hybridized carbons (Fsp3) is 0.375. The minimum Gasteiger partial charge on any atom is -0.297 e. The highest BCUT2D eigenvalue weighted by molar-refractivity contribution is 7.15. The molecule has 0 fully saturated rings. The van der Waals surface area contributed by atoms with Gasteiger partial charge < -0.3 is 0 Å². The summed E-state index contributed by atoms with van der Waals surface area (Å²) < 4.78 is 36.9. The van der Waals surface area contributed by atoms with Gasteiger partial charge in [0, 0.05) is 17.8 Å². The zero-order chi connectivity index (χ0) is 11.6. The van der Waals surface area contributed by atoms with Gasteiger partial charge in [0.1, 0.15) is 0 Å². The van der Waals surface area contributed by atoms with E-state index in [2.05, 4.69) is 15.3 Å². The first-order valence-corrected chi connectivity index (χ1v) is 5.25. The zero-order valence-corrected chi connectivity index (χ0v) is 8.81. The molecule has 2 aromatic rings. The van der Waals surface area contributed by atoms with Crippen molar-refractivity contribution in [1.29, 1.82) is 0 Å². The Kier molecular flexibility index (Phi) is 3.13. The average molecular weight is 251 g/mol. The summed E-state index contributed by atoms with van der Waals surface area (Å²) in [5.41, 5.74) is 2.85. The normalized spacial score (nSPS) is 12.4. The van der Waals surface area contributed by atoms with Gasteiger partial charge in [-0.05, 0) is 0 Å². The maximum absolute atomic E-state index is 11.7. The number of fused-ring (bicyclic) bond motifs is 1. The molecule has 2 rings (SSSR count). The molecule has 0 aromatic carbocycles. The highest BCUT2D eigenvalue weighted by Gasteiger charge is 2.27. The van der Waals surface area contributed by atoms with Crippen molar-refractivity contribution in [3.63, 3.8) is 0 Å². The third-order valence-corrected chi connectivity index (χ3v) is 2.51. The maximum Gasteiger partial charge on any atom is 0.413 e. The lowest BCUT2D eigenvalue weighted by Gasteiger charge is -2.06. The molecule has 4 nitrogen and oxygen atoms in total. The van der Waals surface area contributed by atoms with E-state index in [-0.39, 0.29) is 6.54 Å². The van der Waals surface area contributed by atoms with E-state index in [4.69, 9.17) is 0 Å². The number of hydrogen-bond donors (Lipinski definition) is 1. The summed E-state index contributed by atoms with van der Waals surface area (Å²) in [6, 6.07) is 0. The molecule has 2 heterocycles. The average Bonchev–Trinajstić information content (AvgIpc) is 2.70. The van der Waals surface area contributed by atoms with E-state index in [1.54, 1.807) is 10.6 Å². The minimum absolute atomic E-state index is 0.143. The summed E-state index contributed by atoms with van der Waals surface area (Å²) in [6.07, 6.45) is -0.760. The van der Waals surface area contributed by atoms with Gasteiger partial charge in [-0.1, -0.05) is 0 Å². The van der Waals surface area contributed by atoms with E-state index in [9.17, 15) is 13.2 Å². The highest BCUT2D eigenvalue weighted by Crippen LogP contribution is 2.14. The predicted molar refractivity (Wildman–Crippen MR) is 51.9 cm³/mol. The zero-order valence-electron chi connectivity index (χ0n) is 7.99. The molecule has 0 spiro atoms. The number of alkyl halides is 3. The van der Waals surface area contributed by atoms with Gasteiger partial charge >= 0.3 is 6.18 Å². The number of imidazole rings is 1. The molecule has 2 aromatic heterocycles. The number of rotatable bonds is 4. The van der Waals surface area contributed by atoms with Crippen LogP contribution in [0.3, 0.4) is 0 Å². The van der Waals surface area contributed by atoms with Gasteiger partial charge in [-0.15, -0.1) is 11.3 Å². The van der Waals surface area contributed by atoms with Crippen molar-refractivity contribution in [2.24, 2.45) is 0 Å². The van der Waals surface area contributed by atoms with Crippen LogP contribution in [0.15, 0.2) is 17.8 Å². The first-order valence-electron chi connectivity index (χ1n) is 4.37. The predicted octanol–water partition coefficient (Wildman–Crippen LogP) is 1.98. The molecule has 0 atom stereocenters. The number of nitrogens with one attached hydrogen (secondary N) is 1. The molecule has 16 heavy (non-hydrogen) atoms. The molecule has 0 saturated heterocycles. The quantitative estimate of drug-likeness (QED) is 0.667. The summed E-state index contributed by atoms with van der Waals surface area (Å²) in [5.74, 6) is 0. The first-order chi connectivity index (χ1) is 7.54. The largest absolute Gasteiger partial charge is 0.413 e. The Morgan fingerprint density at radius 3 is 3.00 bits per heavy atom. The molecule has 0 radical (unpaired) electrons. The van der Waals surface area contributed by atoms with Crippen molar-refractivity contribution < 1.29 is 18.0 Å². The molecular formula is C8H8F3N3OS. The second kappa shape index (κ2) is 4.40. The lowest BCUT2D eigenvalue weighted by atomic mass is 10.5. The third-order valence-electron chi connectivity index (χ3n) is 1.73. The van der Waals surface area contributed by atoms with E-state index in [1.165, 1.54) is 11.3 Å². The van der Waals surface area contributed by atoms with Crippen LogP contribution in [0.4, 0.5) is 13.2 Å². The van der Waals surface area contributed by atoms with Crippen LogP contribution in [0.1, 0.15) is 5.69 Å². The monoisotopic (exact) mass is 251 g/mol. The number of thiazole rings is 1. The summed E-state index contributed by atoms with van der Waals surface area (Å²) in [5, 5.41) is 1.87. The van der Waals surface area contributed by atoms with Crippen molar-refractivity contribution >= 4 is 16.3 Å². The van der Waals surface area contributed by atoms with Gasteiger partial charge in [0.25, 0.3) is 0 Å². The summed E-state index contributed by atoms with van der Waals surface area (Å²) in [4.78, 5) is 9.22. The van der Waals surface area contributed by atoms with Crippen LogP contribution < -0.4 is 5.48 Å². The number of aromatic nitrogens is 2. The Morgan fingerprint density at radius 2 is 2.31 bits per heavy atom. The van der Waals surface area contributed by atoms with Crippen molar-refractivity contribution in [2.45, 2.75) is 12.7 Å². The Hall–Kier alpha value is -1.12. The SMILES string of the molecule is FC(F)(F)CONCc1cn2ccsc2n1. The molecule has 0 aliphatic carbocycles. The minimum atomic E-state index is -4.32. The summed E-state index contributed by atoms with van der Waals surface area (Å²) in [6.45, 7) is -1.17. The molecule has 1 N–H and O–H groups in total. The number of halogens is 3. The van der Waals surface area contributed by atoms with Gasteiger partial charge in [0.15, 0.2) is 11.6 Å². The van der Waals surface area contributed by atoms with E-state index >= 15 is 0 Å². The molecular weight excluding hydrogens is 243 g/mol. The first kappa shape index (κ1) is 11.4. The molecule has 0 aliphatic heterocycles. The van der Waals surface area contributed by atoms with Gasteiger partial charge in [-0.3, -0.25) is 9.24 Å². The second-order valence-electron chi connectivity index (χ2n) is 3.05. The highest BCUT2D eigenvalue weighted by atomic mass is 32.1. The molecule has 88 valence electrons. The van der Waals surface area contributed by atoms with Gasteiger partial charge in [-0.2, -0.15) is 18.7 Å². The Balaban J connectivity index is 1.80. The smallest absolute Gasteiger partial charge is 0.297 e. The fourth-order valence-corrected chi connectivity index (χ4v) is 1.84. The van der Waals surface area contributed by atoms with Crippen molar-refractivity contribution in [1.82, 2.24) is 14.9 Å². The van der Waals surface area contributed by atoms with Crippen LogP contribution in [0.5, 0.6) is 0 Å². The van der Waals surface area contributed by atoms with Gasteiger partial charge in [0.2, 0.25) is 0 Å². The molecule has 0 amide bonds. The number of hydrogen-bond acceptors (Lipinski definition) is 4. The van der Waals surface area contributed by atoms with E-state index in [0.29, 0.717) is 5.69 Å². The molecule has 0 bridgehead atoms. The van der Waals surface area contributed by atoms with Crippen molar-refractivity contribution in [2.75, 3.05) is 6.61 Å². The second-order valence-corrected chi connectivity index (χ2v) is 3.92. The van der Waals surface area contributed by atoms with Crippen LogP contribution in [0.2, 0.25) is 0 Å². The Labute approximate surface area is 92.6 Å². The van der Waals surface area contributed by atoms with Gasteiger partial charge in [-0.25, -0.2) is 4.98 Å². The molecule has 8 heteroatoms. The van der Waals surface area contributed by atoms with E-state index in [0.717, 1.165) is 4.96 Å². The lowest BCUT2D eigenvalue weighted by molar-refractivity contribution is -0.190. The van der Waals surface area contributed by atoms with Crippen LogP contribution in [0.25, 0.3) is 4.96 Å². The third kappa shape index (κ3) is 2.94. The number of hydroxylamine groups is 1. The Bertz CT molecular complexity index is 436. The molecule has 0 saturated carbocycles. The number of nitrogens with zero attached hydrogens (tertiary/aromatic N) is 2. The molecule has 0 aliphatic rings. The summed E-state index contributed by atoms with van der Waals surface area (Å²) in [7, 11) is 0.